The van der Waals surface area contributed by atoms with Crippen LogP contribution in [0.15, 0.2) is 191 Å². The summed E-state index contributed by atoms with van der Waals surface area (Å²) in [5.41, 5.74) is 12.5. The molecule has 0 aliphatic carbocycles. The molecule has 0 saturated carbocycles. The van der Waals surface area contributed by atoms with Gasteiger partial charge in [0, 0.05) is 38.2 Å². The summed E-state index contributed by atoms with van der Waals surface area (Å²) in [7, 11) is 0. The monoisotopic (exact) mass is 742 g/mol. The van der Waals surface area contributed by atoms with Crippen LogP contribution in [0.1, 0.15) is 5.56 Å². The number of benzene rings is 8. The minimum atomic E-state index is 0.503. The van der Waals surface area contributed by atoms with Crippen LogP contribution in [0.4, 0.5) is 0 Å². The van der Waals surface area contributed by atoms with Crippen molar-refractivity contribution in [3.8, 4) is 73.6 Å². The van der Waals surface area contributed by atoms with Crippen LogP contribution in [0.2, 0.25) is 0 Å². The van der Waals surface area contributed by atoms with Gasteiger partial charge in [-0.25, -0.2) is 15.0 Å². The number of furan rings is 2. The molecule has 11 rings (SSSR count). The zero-order valence-corrected chi connectivity index (χ0v) is 30.9. The molecule has 0 aliphatic heterocycles. The highest BCUT2D eigenvalue weighted by Gasteiger charge is 2.21. The molecule has 0 spiro atoms. The van der Waals surface area contributed by atoms with E-state index in [2.05, 4.69) is 78.9 Å². The summed E-state index contributed by atoms with van der Waals surface area (Å²) < 4.78 is 12.9. The average Bonchev–Trinajstić information content (AvgIpc) is 3.87. The minimum Gasteiger partial charge on any atom is -0.456 e. The second kappa shape index (κ2) is 13.6. The van der Waals surface area contributed by atoms with Crippen LogP contribution < -0.4 is 0 Å². The number of hydrogen-bond donors (Lipinski definition) is 0. The molecule has 6 nitrogen and oxygen atoms in total. The van der Waals surface area contributed by atoms with Gasteiger partial charge in [-0.15, -0.1) is 0 Å². The first-order valence-electron chi connectivity index (χ1n) is 19.1. The number of para-hydroxylation sites is 1. The molecule has 0 amide bonds. The zero-order chi connectivity index (χ0) is 38.6. The van der Waals surface area contributed by atoms with Gasteiger partial charge in [-0.3, -0.25) is 0 Å². The summed E-state index contributed by atoms with van der Waals surface area (Å²) in [6, 6.07) is 63.4. The molecule has 3 aromatic heterocycles. The highest BCUT2D eigenvalue weighted by Crippen LogP contribution is 2.41. The second-order valence-corrected chi connectivity index (χ2v) is 14.3. The van der Waals surface area contributed by atoms with E-state index in [1.165, 1.54) is 5.56 Å². The Kier molecular flexibility index (Phi) is 7.76. The van der Waals surface area contributed by atoms with Gasteiger partial charge in [-0.1, -0.05) is 133 Å². The molecule has 3 heterocycles. The topological polar surface area (TPSA) is 88.7 Å². The summed E-state index contributed by atoms with van der Waals surface area (Å²) in [5.74, 6) is 1.53. The van der Waals surface area contributed by atoms with Gasteiger partial charge in [-0.05, 0) is 81.9 Å². The van der Waals surface area contributed by atoms with Gasteiger partial charge in [0.2, 0.25) is 0 Å². The number of aromatic nitrogens is 3. The quantitative estimate of drug-likeness (QED) is 0.168. The Morgan fingerprint density at radius 1 is 0.345 bits per heavy atom. The SMILES string of the molecule is N#Cc1cccc(-c2ccccc2-c2nc(-c3ccc4c(c3)oc3cccc(-c5cccc(-c6ccccc6)c5)c34)nc(-c3cccc4oc5ccccc5c34)n2)c1. The van der Waals surface area contributed by atoms with Crippen LogP contribution in [0, 0.1) is 11.3 Å². The van der Waals surface area contributed by atoms with Crippen LogP contribution in [0.25, 0.3) is 111 Å². The summed E-state index contributed by atoms with van der Waals surface area (Å²) in [4.78, 5) is 15.5. The Bertz CT molecular complexity index is 3430. The number of rotatable bonds is 6. The molecule has 0 unspecified atom stereocenters. The van der Waals surface area contributed by atoms with Crippen molar-refractivity contribution in [1.29, 1.82) is 5.26 Å². The lowest BCUT2D eigenvalue weighted by atomic mass is 9.95. The molecule has 58 heavy (non-hydrogen) atoms. The van der Waals surface area contributed by atoms with Gasteiger partial charge in [0.15, 0.2) is 17.5 Å². The molecule has 0 radical (unpaired) electrons. The Hall–Kier alpha value is -8.14. The largest absolute Gasteiger partial charge is 0.456 e. The number of fused-ring (bicyclic) bond motifs is 6. The molecule has 0 saturated heterocycles. The number of nitrogens with zero attached hydrogens (tertiary/aromatic N) is 4. The van der Waals surface area contributed by atoms with E-state index in [-0.39, 0.29) is 0 Å². The predicted octanol–water partition coefficient (Wildman–Crippen LogP) is 13.5. The maximum Gasteiger partial charge on any atom is 0.164 e. The maximum absolute atomic E-state index is 9.71. The minimum absolute atomic E-state index is 0.503. The van der Waals surface area contributed by atoms with Crippen molar-refractivity contribution < 1.29 is 8.83 Å². The second-order valence-electron chi connectivity index (χ2n) is 14.3. The molecule has 0 N–H and O–H groups in total. The molecular formula is C52H30N4O2. The Morgan fingerprint density at radius 3 is 1.72 bits per heavy atom. The van der Waals surface area contributed by atoms with E-state index in [0.717, 1.165) is 88.4 Å². The Balaban J connectivity index is 1.10. The summed E-state index contributed by atoms with van der Waals surface area (Å²) in [6.07, 6.45) is 0. The Labute approximate surface area is 333 Å². The lowest BCUT2D eigenvalue weighted by molar-refractivity contribution is 0.668. The molecule has 8 aromatic carbocycles. The van der Waals surface area contributed by atoms with Crippen molar-refractivity contribution in [2.75, 3.05) is 0 Å². The third kappa shape index (κ3) is 5.61. The van der Waals surface area contributed by atoms with Crippen molar-refractivity contribution in [2.24, 2.45) is 0 Å². The standard InChI is InChI=1S/C52H30N4O2/c53-31-32-12-8-16-35(28-32)38-18-4-5-19-40(38)51-54-50(55-52(56-51)43-22-11-25-46-49(43)41-20-6-7-23-44(41)57-46)37-26-27-42-47(30-37)58-45-24-10-21-39(48(42)45)36-17-9-15-34(29-36)33-13-2-1-3-14-33/h1-30H. The van der Waals surface area contributed by atoms with E-state index in [1.807, 2.05) is 103 Å². The fourth-order valence-electron chi connectivity index (χ4n) is 8.10. The van der Waals surface area contributed by atoms with Gasteiger partial charge in [0.25, 0.3) is 0 Å². The van der Waals surface area contributed by atoms with E-state index >= 15 is 0 Å². The van der Waals surface area contributed by atoms with E-state index < -0.39 is 0 Å². The lowest BCUT2D eigenvalue weighted by Crippen LogP contribution is -2.01. The zero-order valence-electron chi connectivity index (χ0n) is 30.9. The van der Waals surface area contributed by atoms with E-state index in [4.69, 9.17) is 23.8 Å². The highest BCUT2D eigenvalue weighted by atomic mass is 16.3. The van der Waals surface area contributed by atoms with E-state index in [0.29, 0.717) is 23.0 Å². The van der Waals surface area contributed by atoms with Crippen LogP contribution >= 0.6 is 0 Å². The lowest BCUT2D eigenvalue weighted by Gasteiger charge is -2.12. The number of hydrogen-bond acceptors (Lipinski definition) is 6. The first kappa shape index (κ1) is 33.2. The van der Waals surface area contributed by atoms with Crippen LogP contribution in [0.3, 0.4) is 0 Å². The molecule has 270 valence electrons. The third-order valence-corrected chi connectivity index (χ3v) is 10.8. The van der Waals surface area contributed by atoms with E-state index in [1.54, 1.807) is 6.07 Å². The van der Waals surface area contributed by atoms with Gasteiger partial charge >= 0.3 is 0 Å². The predicted molar refractivity (Wildman–Crippen MR) is 232 cm³/mol. The van der Waals surface area contributed by atoms with Gasteiger partial charge in [0.05, 0.1) is 11.6 Å². The third-order valence-electron chi connectivity index (χ3n) is 10.8. The van der Waals surface area contributed by atoms with Crippen LogP contribution in [-0.2, 0) is 0 Å². The molecule has 0 bridgehead atoms. The fourth-order valence-corrected chi connectivity index (χ4v) is 8.10. The van der Waals surface area contributed by atoms with Crippen molar-refractivity contribution in [3.05, 3.63) is 188 Å². The first-order valence-corrected chi connectivity index (χ1v) is 19.1. The molecule has 11 aromatic rings. The molecule has 0 fully saturated rings. The first-order chi connectivity index (χ1) is 28.7. The van der Waals surface area contributed by atoms with Gasteiger partial charge in [-0.2, -0.15) is 5.26 Å². The molecular weight excluding hydrogens is 713 g/mol. The van der Waals surface area contributed by atoms with Crippen molar-refractivity contribution in [3.63, 3.8) is 0 Å². The molecule has 6 heteroatoms. The summed E-state index contributed by atoms with van der Waals surface area (Å²) in [5, 5.41) is 13.7. The summed E-state index contributed by atoms with van der Waals surface area (Å²) in [6.45, 7) is 0. The van der Waals surface area contributed by atoms with Crippen molar-refractivity contribution >= 4 is 43.9 Å². The molecule has 0 aliphatic rings. The smallest absolute Gasteiger partial charge is 0.164 e. The summed E-state index contributed by atoms with van der Waals surface area (Å²) >= 11 is 0. The number of nitriles is 1. The van der Waals surface area contributed by atoms with Crippen LogP contribution in [-0.4, -0.2) is 15.0 Å². The normalized spacial score (nSPS) is 11.4. The van der Waals surface area contributed by atoms with E-state index in [9.17, 15) is 5.26 Å². The van der Waals surface area contributed by atoms with Crippen molar-refractivity contribution in [1.82, 2.24) is 15.0 Å². The van der Waals surface area contributed by atoms with Crippen molar-refractivity contribution in [2.45, 2.75) is 0 Å². The van der Waals surface area contributed by atoms with Crippen LogP contribution in [0.5, 0.6) is 0 Å². The van der Waals surface area contributed by atoms with Gasteiger partial charge in [0.1, 0.15) is 22.3 Å². The average molecular weight is 743 g/mol. The highest BCUT2D eigenvalue weighted by molar-refractivity contribution is 6.14. The fraction of sp³-hybridized carbons (Fsp3) is 0. The Morgan fingerprint density at radius 2 is 0.897 bits per heavy atom. The molecule has 0 atom stereocenters. The maximum atomic E-state index is 9.71. The van der Waals surface area contributed by atoms with Gasteiger partial charge < -0.3 is 8.83 Å².